The van der Waals surface area contributed by atoms with Crippen LogP contribution >= 0.6 is 0 Å². The van der Waals surface area contributed by atoms with Gasteiger partial charge >= 0.3 is 0 Å². The Hall–Kier alpha value is -2.43. The molecule has 0 aromatic carbocycles. The van der Waals surface area contributed by atoms with Gasteiger partial charge in [-0.2, -0.15) is 0 Å². The molecule has 5 nitrogen and oxygen atoms in total. The first-order chi connectivity index (χ1) is 9.09. The molecule has 0 aliphatic carbocycles. The first kappa shape index (κ1) is 13.0. The van der Waals surface area contributed by atoms with Crippen molar-refractivity contribution in [2.75, 3.05) is 14.1 Å². The molecule has 0 bridgehead atoms. The average Bonchev–Trinajstić information content (AvgIpc) is 2.89. The monoisotopic (exact) mass is 256 g/mol. The Bertz CT molecular complexity index is 600. The molecule has 0 spiro atoms. The maximum absolute atomic E-state index is 11.8. The first-order valence-corrected chi connectivity index (χ1v) is 5.92. The van der Waals surface area contributed by atoms with Crippen molar-refractivity contribution in [1.82, 2.24) is 19.4 Å². The Balaban J connectivity index is 2.59. The Kier molecular flexibility index (Phi) is 3.75. The lowest BCUT2D eigenvalue weighted by Gasteiger charge is -2.13. The van der Waals surface area contributed by atoms with Crippen molar-refractivity contribution in [2.24, 2.45) is 0 Å². The first-order valence-electron chi connectivity index (χ1n) is 5.92. The third kappa shape index (κ3) is 2.88. The zero-order chi connectivity index (χ0) is 13.8. The quantitative estimate of drug-likeness (QED) is 0.782. The standard InChI is InChI=1S/C14H16N4O/c1-11(19)12(9-17(2)3)14-13(5-4-6-16-14)18-8-7-15-10-18/h4-10H,1-3H3/b12-9+. The van der Waals surface area contributed by atoms with E-state index < -0.39 is 0 Å². The van der Waals surface area contributed by atoms with Crippen molar-refractivity contribution >= 4 is 11.4 Å². The van der Waals surface area contributed by atoms with Crippen molar-refractivity contribution in [3.8, 4) is 5.69 Å². The second-order valence-corrected chi connectivity index (χ2v) is 4.40. The van der Waals surface area contributed by atoms with Gasteiger partial charge in [-0.15, -0.1) is 0 Å². The summed E-state index contributed by atoms with van der Waals surface area (Å²) in [6, 6.07) is 3.75. The fraction of sp³-hybridized carbons (Fsp3) is 0.214. The summed E-state index contributed by atoms with van der Waals surface area (Å²) in [5.41, 5.74) is 2.07. The van der Waals surface area contributed by atoms with Gasteiger partial charge < -0.3 is 9.47 Å². The molecule has 0 amide bonds. The minimum absolute atomic E-state index is 0.0197. The molecule has 2 rings (SSSR count). The number of nitrogens with zero attached hydrogens (tertiary/aromatic N) is 4. The Morgan fingerprint density at radius 2 is 2.16 bits per heavy atom. The van der Waals surface area contributed by atoms with E-state index in [2.05, 4.69) is 9.97 Å². The number of carbonyl (C=O) groups is 1. The molecule has 0 fully saturated rings. The highest BCUT2D eigenvalue weighted by atomic mass is 16.1. The van der Waals surface area contributed by atoms with E-state index in [1.807, 2.05) is 41.9 Å². The normalized spacial score (nSPS) is 11.4. The minimum atomic E-state index is -0.0197. The van der Waals surface area contributed by atoms with Gasteiger partial charge in [0.25, 0.3) is 0 Å². The molecule has 2 aromatic rings. The summed E-state index contributed by atoms with van der Waals surface area (Å²) in [7, 11) is 3.76. The summed E-state index contributed by atoms with van der Waals surface area (Å²) in [5.74, 6) is -0.0197. The smallest absolute Gasteiger partial charge is 0.163 e. The van der Waals surface area contributed by atoms with Crippen molar-refractivity contribution in [3.05, 3.63) is 48.9 Å². The molecule has 0 N–H and O–H groups in total. The van der Waals surface area contributed by atoms with Gasteiger partial charge in [-0.05, 0) is 19.1 Å². The Labute approximate surface area is 112 Å². The van der Waals surface area contributed by atoms with Gasteiger partial charge in [-0.1, -0.05) is 0 Å². The highest BCUT2D eigenvalue weighted by Crippen LogP contribution is 2.21. The van der Waals surface area contributed by atoms with E-state index in [1.54, 1.807) is 31.8 Å². The predicted octanol–water partition coefficient (Wildman–Crippen LogP) is 1.76. The Morgan fingerprint density at radius 1 is 1.37 bits per heavy atom. The maximum Gasteiger partial charge on any atom is 0.163 e. The van der Waals surface area contributed by atoms with Gasteiger partial charge in [-0.3, -0.25) is 9.78 Å². The van der Waals surface area contributed by atoms with Crippen LogP contribution in [0.3, 0.4) is 0 Å². The number of aromatic nitrogens is 3. The van der Waals surface area contributed by atoms with Crippen LogP contribution in [0, 0.1) is 0 Å². The summed E-state index contributed by atoms with van der Waals surface area (Å²) in [6.07, 6.45) is 8.68. The van der Waals surface area contributed by atoms with Crippen LogP contribution in [0.2, 0.25) is 0 Å². The highest BCUT2D eigenvalue weighted by Gasteiger charge is 2.14. The number of carbonyl (C=O) groups excluding carboxylic acids is 1. The van der Waals surface area contributed by atoms with Crippen LogP contribution in [0.15, 0.2) is 43.3 Å². The molecule has 0 saturated heterocycles. The molecule has 2 heterocycles. The number of rotatable bonds is 4. The molecule has 0 saturated carbocycles. The van der Waals surface area contributed by atoms with Gasteiger partial charge in [0.1, 0.15) is 0 Å². The van der Waals surface area contributed by atoms with E-state index in [4.69, 9.17) is 0 Å². The second-order valence-electron chi connectivity index (χ2n) is 4.40. The lowest BCUT2D eigenvalue weighted by atomic mass is 10.1. The summed E-state index contributed by atoms with van der Waals surface area (Å²) in [5, 5.41) is 0. The lowest BCUT2D eigenvalue weighted by molar-refractivity contribution is -0.111. The zero-order valence-corrected chi connectivity index (χ0v) is 11.2. The van der Waals surface area contributed by atoms with Crippen LogP contribution in [0.1, 0.15) is 12.6 Å². The molecule has 0 radical (unpaired) electrons. The highest BCUT2D eigenvalue weighted by molar-refractivity contribution is 6.19. The lowest BCUT2D eigenvalue weighted by Crippen LogP contribution is -2.10. The zero-order valence-electron chi connectivity index (χ0n) is 11.2. The molecule has 0 aliphatic rings. The van der Waals surface area contributed by atoms with Crippen molar-refractivity contribution in [1.29, 1.82) is 0 Å². The van der Waals surface area contributed by atoms with Gasteiger partial charge in [0.2, 0.25) is 0 Å². The van der Waals surface area contributed by atoms with E-state index >= 15 is 0 Å². The molecular formula is C14H16N4O. The van der Waals surface area contributed by atoms with E-state index in [1.165, 1.54) is 0 Å². The van der Waals surface area contributed by atoms with Crippen LogP contribution < -0.4 is 0 Å². The fourth-order valence-electron chi connectivity index (χ4n) is 1.79. The number of Topliss-reactive ketones (excluding diaryl/α,β-unsaturated/α-hetero) is 1. The van der Waals surface area contributed by atoms with E-state index in [-0.39, 0.29) is 5.78 Å². The van der Waals surface area contributed by atoms with E-state index in [0.717, 1.165) is 5.69 Å². The number of allylic oxidation sites excluding steroid dienone is 1. The van der Waals surface area contributed by atoms with Gasteiger partial charge in [0, 0.05) is 38.9 Å². The summed E-state index contributed by atoms with van der Waals surface area (Å²) in [6.45, 7) is 1.54. The van der Waals surface area contributed by atoms with Crippen LogP contribution in [0.5, 0.6) is 0 Å². The van der Waals surface area contributed by atoms with Crippen molar-refractivity contribution in [3.63, 3.8) is 0 Å². The minimum Gasteiger partial charge on any atom is -0.383 e. The van der Waals surface area contributed by atoms with Crippen LogP contribution in [0.25, 0.3) is 11.3 Å². The average molecular weight is 256 g/mol. The second kappa shape index (κ2) is 5.48. The molecule has 19 heavy (non-hydrogen) atoms. The van der Waals surface area contributed by atoms with Crippen molar-refractivity contribution in [2.45, 2.75) is 6.92 Å². The van der Waals surface area contributed by atoms with E-state index in [0.29, 0.717) is 11.3 Å². The van der Waals surface area contributed by atoms with Crippen molar-refractivity contribution < 1.29 is 4.79 Å². The largest absolute Gasteiger partial charge is 0.383 e. The maximum atomic E-state index is 11.8. The summed E-state index contributed by atoms with van der Waals surface area (Å²) >= 11 is 0. The van der Waals surface area contributed by atoms with Gasteiger partial charge in [0.05, 0.1) is 23.3 Å². The number of pyridine rings is 1. The fourth-order valence-corrected chi connectivity index (χ4v) is 1.79. The molecule has 0 atom stereocenters. The third-order valence-corrected chi connectivity index (χ3v) is 2.59. The summed E-state index contributed by atoms with van der Waals surface area (Å²) in [4.78, 5) is 22.0. The summed E-state index contributed by atoms with van der Waals surface area (Å²) < 4.78 is 1.84. The number of ketones is 1. The molecule has 0 unspecified atom stereocenters. The van der Waals surface area contributed by atoms with E-state index in [9.17, 15) is 4.79 Å². The number of hydrogen-bond donors (Lipinski definition) is 0. The van der Waals surface area contributed by atoms with Gasteiger partial charge in [-0.25, -0.2) is 4.98 Å². The Morgan fingerprint density at radius 3 is 2.74 bits per heavy atom. The van der Waals surface area contributed by atoms with Crippen LogP contribution in [-0.4, -0.2) is 39.3 Å². The molecule has 98 valence electrons. The third-order valence-electron chi connectivity index (χ3n) is 2.59. The number of hydrogen-bond acceptors (Lipinski definition) is 4. The number of imidazole rings is 1. The topological polar surface area (TPSA) is 51.0 Å². The van der Waals surface area contributed by atoms with Crippen LogP contribution in [0.4, 0.5) is 0 Å². The SMILES string of the molecule is CC(=O)/C(=C\N(C)C)c1ncccc1-n1ccnc1. The molecular weight excluding hydrogens is 240 g/mol. The molecule has 0 aliphatic heterocycles. The van der Waals surface area contributed by atoms with Gasteiger partial charge in [0.15, 0.2) is 5.78 Å². The van der Waals surface area contributed by atoms with Crippen LogP contribution in [-0.2, 0) is 4.79 Å². The predicted molar refractivity (Wildman–Crippen MR) is 73.7 cm³/mol. The molecule has 2 aromatic heterocycles. The molecule has 5 heteroatoms.